The van der Waals surface area contributed by atoms with Crippen molar-refractivity contribution >= 4 is 13.2 Å². The van der Waals surface area contributed by atoms with Gasteiger partial charge in [-0.15, -0.1) is 0 Å². The number of rotatable bonds is 3. The van der Waals surface area contributed by atoms with Crippen LogP contribution < -0.4 is 5.30 Å². The van der Waals surface area contributed by atoms with Crippen molar-refractivity contribution < 1.29 is 0 Å². The van der Waals surface area contributed by atoms with E-state index in [1.807, 2.05) is 0 Å². The molecule has 1 unspecified atom stereocenters. The van der Waals surface area contributed by atoms with Gasteiger partial charge < -0.3 is 0 Å². The molecule has 0 aliphatic carbocycles. The van der Waals surface area contributed by atoms with Crippen molar-refractivity contribution in [3.8, 4) is 0 Å². The molecule has 1 atom stereocenters. The van der Waals surface area contributed by atoms with Crippen LogP contribution in [-0.4, -0.2) is 12.8 Å². The second-order valence-electron chi connectivity index (χ2n) is 2.79. The standard InChI is InChI=1S/C11H15P/c1-3-4-10-12(2)11-8-6-5-7-9-11/h3-9H,10H2,1-2H3. The molecule has 0 bridgehead atoms. The highest BCUT2D eigenvalue weighted by molar-refractivity contribution is 7.65. The summed E-state index contributed by atoms with van der Waals surface area (Å²) < 4.78 is 0. The maximum Gasteiger partial charge on any atom is -0.0107 e. The average molecular weight is 178 g/mol. The van der Waals surface area contributed by atoms with Crippen LogP contribution in [0.25, 0.3) is 0 Å². The van der Waals surface area contributed by atoms with Crippen LogP contribution in [0.2, 0.25) is 0 Å². The molecule has 0 aromatic heterocycles. The molecule has 0 N–H and O–H groups in total. The maximum atomic E-state index is 2.32. The Kier molecular flexibility index (Phi) is 4.04. The first kappa shape index (κ1) is 9.48. The normalized spacial score (nSPS) is 13.5. The van der Waals surface area contributed by atoms with Crippen LogP contribution >= 0.6 is 7.92 Å². The molecule has 12 heavy (non-hydrogen) atoms. The van der Waals surface area contributed by atoms with Crippen molar-refractivity contribution in [3.63, 3.8) is 0 Å². The Bertz CT molecular complexity index is 238. The molecule has 0 spiro atoms. The summed E-state index contributed by atoms with van der Waals surface area (Å²) in [5.74, 6) is 0. The first-order valence-corrected chi connectivity index (χ1v) is 6.19. The summed E-state index contributed by atoms with van der Waals surface area (Å²) in [5, 5.41) is 1.49. The molecule has 1 aromatic rings. The van der Waals surface area contributed by atoms with Gasteiger partial charge >= 0.3 is 0 Å². The summed E-state index contributed by atoms with van der Waals surface area (Å²) in [6.45, 7) is 4.40. The summed E-state index contributed by atoms with van der Waals surface area (Å²) >= 11 is 0. The molecule has 64 valence electrons. The Morgan fingerprint density at radius 3 is 2.50 bits per heavy atom. The van der Waals surface area contributed by atoms with Gasteiger partial charge in [-0.3, -0.25) is 0 Å². The fourth-order valence-corrected chi connectivity index (χ4v) is 2.47. The van der Waals surface area contributed by atoms with E-state index in [1.54, 1.807) is 0 Å². The highest BCUT2D eigenvalue weighted by atomic mass is 31.1. The van der Waals surface area contributed by atoms with E-state index in [0.717, 1.165) is 0 Å². The zero-order chi connectivity index (χ0) is 8.81. The molecule has 1 aromatic carbocycles. The number of allylic oxidation sites excluding steroid dienone is 2. The predicted octanol–water partition coefficient (Wildman–Crippen LogP) is 3.00. The van der Waals surface area contributed by atoms with E-state index in [9.17, 15) is 0 Å². The van der Waals surface area contributed by atoms with Crippen molar-refractivity contribution in [2.75, 3.05) is 12.8 Å². The first-order valence-electron chi connectivity index (χ1n) is 4.22. The third-order valence-corrected chi connectivity index (χ3v) is 3.75. The average Bonchev–Trinajstić information content (AvgIpc) is 2.15. The highest BCUT2D eigenvalue weighted by Crippen LogP contribution is 2.28. The van der Waals surface area contributed by atoms with Crippen molar-refractivity contribution in [1.82, 2.24) is 0 Å². The fraction of sp³-hybridized carbons (Fsp3) is 0.273. The maximum absolute atomic E-state index is 2.32. The molecule has 0 aliphatic rings. The minimum atomic E-state index is 0.0316. The number of hydrogen-bond acceptors (Lipinski definition) is 0. The van der Waals surface area contributed by atoms with Crippen LogP contribution in [0.4, 0.5) is 0 Å². The lowest BCUT2D eigenvalue weighted by molar-refractivity contribution is 1.63. The molecular formula is C11H15P. The van der Waals surface area contributed by atoms with Gasteiger partial charge in [0.2, 0.25) is 0 Å². The fourth-order valence-electron chi connectivity index (χ4n) is 1.05. The van der Waals surface area contributed by atoms with E-state index >= 15 is 0 Å². The van der Waals surface area contributed by atoms with Crippen LogP contribution in [0.1, 0.15) is 6.92 Å². The van der Waals surface area contributed by atoms with Crippen molar-refractivity contribution in [3.05, 3.63) is 42.5 Å². The minimum absolute atomic E-state index is 0.0316. The number of hydrogen-bond donors (Lipinski definition) is 0. The topological polar surface area (TPSA) is 0 Å². The smallest absolute Gasteiger partial charge is 0.0107 e. The lowest BCUT2D eigenvalue weighted by Gasteiger charge is -2.08. The van der Waals surface area contributed by atoms with Gasteiger partial charge in [-0.05, 0) is 25.1 Å². The van der Waals surface area contributed by atoms with Crippen LogP contribution in [-0.2, 0) is 0 Å². The van der Waals surface area contributed by atoms with Gasteiger partial charge in [-0.25, -0.2) is 0 Å². The Balaban J connectivity index is 2.59. The Labute approximate surface area is 76.1 Å². The summed E-state index contributed by atoms with van der Waals surface area (Å²) in [6, 6.07) is 10.7. The molecular weight excluding hydrogens is 163 g/mol. The Morgan fingerprint density at radius 2 is 1.92 bits per heavy atom. The van der Waals surface area contributed by atoms with E-state index in [4.69, 9.17) is 0 Å². The molecule has 0 aliphatic heterocycles. The lowest BCUT2D eigenvalue weighted by Crippen LogP contribution is -1.99. The van der Waals surface area contributed by atoms with Gasteiger partial charge in [-0.1, -0.05) is 50.4 Å². The van der Waals surface area contributed by atoms with Crippen LogP contribution in [0, 0.1) is 0 Å². The van der Waals surface area contributed by atoms with E-state index < -0.39 is 0 Å². The molecule has 0 saturated heterocycles. The van der Waals surface area contributed by atoms with Crippen molar-refractivity contribution in [2.24, 2.45) is 0 Å². The molecule has 0 saturated carbocycles. The second kappa shape index (κ2) is 5.11. The molecule has 0 amide bonds. The van der Waals surface area contributed by atoms with E-state index in [1.165, 1.54) is 11.5 Å². The van der Waals surface area contributed by atoms with E-state index in [2.05, 4.69) is 56.1 Å². The second-order valence-corrected chi connectivity index (χ2v) is 5.06. The van der Waals surface area contributed by atoms with Crippen molar-refractivity contribution in [2.45, 2.75) is 6.92 Å². The molecule has 0 fully saturated rings. The quantitative estimate of drug-likeness (QED) is 0.493. The largest absolute Gasteiger partial charge is 0.0913 e. The summed E-state index contributed by atoms with van der Waals surface area (Å²) in [7, 11) is 0.0316. The SMILES string of the molecule is CC=CCP(C)c1ccccc1. The first-order chi connectivity index (χ1) is 5.84. The summed E-state index contributed by atoms with van der Waals surface area (Å²) in [4.78, 5) is 0. The molecule has 1 rings (SSSR count). The van der Waals surface area contributed by atoms with Gasteiger partial charge in [0.25, 0.3) is 0 Å². The monoisotopic (exact) mass is 178 g/mol. The van der Waals surface area contributed by atoms with Gasteiger partial charge in [-0.2, -0.15) is 0 Å². The zero-order valence-electron chi connectivity index (χ0n) is 7.70. The third-order valence-electron chi connectivity index (χ3n) is 1.81. The van der Waals surface area contributed by atoms with Crippen molar-refractivity contribution in [1.29, 1.82) is 0 Å². The van der Waals surface area contributed by atoms with Crippen LogP contribution in [0.15, 0.2) is 42.5 Å². The van der Waals surface area contributed by atoms with Gasteiger partial charge in [0.05, 0.1) is 0 Å². The molecule has 0 nitrogen and oxygen atoms in total. The minimum Gasteiger partial charge on any atom is -0.0913 e. The predicted molar refractivity (Wildman–Crippen MR) is 58.6 cm³/mol. The Morgan fingerprint density at radius 1 is 1.25 bits per heavy atom. The molecule has 1 heteroatoms. The van der Waals surface area contributed by atoms with E-state index in [-0.39, 0.29) is 7.92 Å². The zero-order valence-corrected chi connectivity index (χ0v) is 8.59. The molecule has 0 radical (unpaired) electrons. The summed E-state index contributed by atoms with van der Waals surface area (Å²) in [6.07, 6.45) is 5.58. The Hall–Kier alpha value is -0.610. The van der Waals surface area contributed by atoms with Gasteiger partial charge in [0.1, 0.15) is 0 Å². The third kappa shape index (κ3) is 2.79. The van der Waals surface area contributed by atoms with Gasteiger partial charge in [0.15, 0.2) is 0 Å². The van der Waals surface area contributed by atoms with Crippen LogP contribution in [0.5, 0.6) is 0 Å². The van der Waals surface area contributed by atoms with E-state index in [0.29, 0.717) is 0 Å². The molecule has 0 heterocycles. The number of benzene rings is 1. The summed E-state index contributed by atoms with van der Waals surface area (Å²) in [5.41, 5.74) is 0. The van der Waals surface area contributed by atoms with Crippen LogP contribution in [0.3, 0.4) is 0 Å². The lowest BCUT2D eigenvalue weighted by atomic mass is 10.4. The van der Waals surface area contributed by atoms with Gasteiger partial charge in [0, 0.05) is 0 Å². The highest BCUT2D eigenvalue weighted by Gasteiger charge is 1.99.